The van der Waals surface area contributed by atoms with Gasteiger partial charge >= 0.3 is 0 Å². The molecule has 1 N–H and O–H groups in total. The molecule has 0 saturated carbocycles. The Bertz CT molecular complexity index is 879. The smallest absolute Gasteiger partial charge is 0.251 e. The van der Waals surface area contributed by atoms with Crippen LogP contribution in [-0.4, -0.2) is 5.91 Å². The molecule has 3 aromatic carbocycles. The monoisotopic (exact) mass is 369 g/mol. The number of benzene rings is 3. The van der Waals surface area contributed by atoms with Crippen molar-refractivity contribution >= 4 is 17.5 Å². The zero-order valence-electron chi connectivity index (χ0n) is 13.9. The molecule has 26 heavy (non-hydrogen) atoms. The second kappa shape index (κ2) is 8.50. The molecule has 0 aromatic heterocycles. The number of amides is 1. The van der Waals surface area contributed by atoms with E-state index in [2.05, 4.69) is 5.32 Å². The van der Waals surface area contributed by atoms with Crippen LogP contribution >= 0.6 is 11.6 Å². The van der Waals surface area contributed by atoms with Gasteiger partial charge in [-0.05, 0) is 48.0 Å². The minimum absolute atomic E-state index is 0.202. The van der Waals surface area contributed by atoms with Gasteiger partial charge in [-0.3, -0.25) is 4.79 Å². The predicted molar refractivity (Wildman–Crippen MR) is 99.8 cm³/mol. The highest BCUT2D eigenvalue weighted by molar-refractivity contribution is 6.31. The van der Waals surface area contributed by atoms with Crippen LogP contribution in [0.4, 0.5) is 4.39 Å². The quantitative estimate of drug-likeness (QED) is 0.664. The van der Waals surface area contributed by atoms with Gasteiger partial charge in [0.05, 0.1) is 0 Å². The summed E-state index contributed by atoms with van der Waals surface area (Å²) in [5.41, 5.74) is 2.26. The zero-order chi connectivity index (χ0) is 18.4. The number of ether oxygens (including phenoxy) is 1. The summed E-state index contributed by atoms with van der Waals surface area (Å²) in [5, 5.41) is 3.46. The van der Waals surface area contributed by atoms with Crippen molar-refractivity contribution in [2.75, 3.05) is 0 Å². The van der Waals surface area contributed by atoms with Gasteiger partial charge in [0.2, 0.25) is 0 Å². The van der Waals surface area contributed by atoms with Gasteiger partial charge < -0.3 is 10.1 Å². The van der Waals surface area contributed by atoms with Crippen LogP contribution in [0.15, 0.2) is 72.8 Å². The molecule has 3 rings (SSSR count). The van der Waals surface area contributed by atoms with Crippen molar-refractivity contribution in [3.05, 3.63) is 100 Å². The Kier molecular flexibility index (Phi) is 5.87. The topological polar surface area (TPSA) is 38.3 Å². The van der Waals surface area contributed by atoms with Gasteiger partial charge in [-0.1, -0.05) is 41.9 Å². The molecule has 0 fully saturated rings. The highest BCUT2D eigenvalue weighted by Gasteiger charge is 2.06. The predicted octanol–water partition coefficient (Wildman–Crippen LogP) is 4.99. The normalized spacial score (nSPS) is 10.4. The van der Waals surface area contributed by atoms with Gasteiger partial charge in [0.1, 0.15) is 18.2 Å². The average molecular weight is 370 g/mol. The Morgan fingerprint density at radius 3 is 2.35 bits per heavy atom. The van der Waals surface area contributed by atoms with Gasteiger partial charge in [0.25, 0.3) is 5.91 Å². The molecule has 0 radical (unpaired) electrons. The molecule has 0 unspecified atom stereocenters. The summed E-state index contributed by atoms with van der Waals surface area (Å²) in [5.74, 6) is 0.152. The number of carbonyl (C=O) groups is 1. The molecule has 3 aromatic rings. The molecule has 0 heterocycles. The van der Waals surface area contributed by atoms with E-state index in [-0.39, 0.29) is 11.7 Å². The van der Waals surface area contributed by atoms with Gasteiger partial charge in [-0.25, -0.2) is 4.39 Å². The summed E-state index contributed by atoms with van der Waals surface area (Å²) >= 11 is 6.10. The summed E-state index contributed by atoms with van der Waals surface area (Å²) < 4.78 is 18.6. The first-order valence-corrected chi connectivity index (χ1v) is 8.48. The molecule has 0 aliphatic rings. The molecule has 0 aliphatic carbocycles. The minimum atomic E-state index is -0.299. The van der Waals surface area contributed by atoms with Gasteiger partial charge in [0.15, 0.2) is 0 Å². The lowest BCUT2D eigenvalue weighted by Gasteiger charge is -2.09. The number of rotatable bonds is 6. The van der Waals surface area contributed by atoms with E-state index in [1.165, 1.54) is 12.1 Å². The zero-order valence-corrected chi connectivity index (χ0v) is 14.7. The molecule has 5 heteroatoms. The first kappa shape index (κ1) is 18.0. The Morgan fingerprint density at radius 2 is 1.65 bits per heavy atom. The fourth-order valence-corrected chi connectivity index (χ4v) is 2.56. The van der Waals surface area contributed by atoms with E-state index in [1.807, 2.05) is 24.3 Å². The summed E-state index contributed by atoms with van der Waals surface area (Å²) in [6.07, 6.45) is 0. The third-order valence-electron chi connectivity index (χ3n) is 3.84. The highest BCUT2D eigenvalue weighted by atomic mass is 35.5. The Morgan fingerprint density at radius 1 is 0.962 bits per heavy atom. The molecule has 0 spiro atoms. The van der Waals surface area contributed by atoms with Crippen LogP contribution in [0.1, 0.15) is 21.5 Å². The van der Waals surface area contributed by atoms with E-state index < -0.39 is 0 Å². The van der Waals surface area contributed by atoms with Crippen molar-refractivity contribution in [2.45, 2.75) is 13.2 Å². The van der Waals surface area contributed by atoms with Crippen LogP contribution in [0.25, 0.3) is 0 Å². The molecular formula is C21H17ClFNO2. The van der Waals surface area contributed by atoms with Crippen molar-refractivity contribution in [3.63, 3.8) is 0 Å². The van der Waals surface area contributed by atoms with Crippen molar-refractivity contribution in [1.82, 2.24) is 5.32 Å². The van der Waals surface area contributed by atoms with Crippen LogP contribution in [0.5, 0.6) is 5.75 Å². The van der Waals surface area contributed by atoms with E-state index in [9.17, 15) is 9.18 Å². The lowest BCUT2D eigenvalue weighted by Crippen LogP contribution is -2.22. The van der Waals surface area contributed by atoms with Crippen molar-refractivity contribution in [3.8, 4) is 5.75 Å². The average Bonchev–Trinajstić information content (AvgIpc) is 2.67. The number of hydrogen-bond acceptors (Lipinski definition) is 2. The third kappa shape index (κ3) is 4.83. The van der Waals surface area contributed by atoms with Crippen LogP contribution < -0.4 is 10.1 Å². The number of carbonyl (C=O) groups excluding carboxylic acids is 1. The van der Waals surface area contributed by atoms with E-state index >= 15 is 0 Å². The van der Waals surface area contributed by atoms with Gasteiger partial charge in [-0.2, -0.15) is 0 Å². The first-order chi connectivity index (χ1) is 12.6. The molecule has 1 amide bonds. The van der Waals surface area contributed by atoms with E-state index in [4.69, 9.17) is 16.3 Å². The standard InChI is InChI=1S/C21H17ClFNO2/c22-20-4-2-1-3-17(20)14-26-19-11-7-16(8-12-19)21(25)24-13-15-5-9-18(23)10-6-15/h1-12H,13-14H2,(H,24,25). The van der Waals surface area contributed by atoms with Crippen molar-refractivity contribution in [2.24, 2.45) is 0 Å². The number of nitrogens with one attached hydrogen (secondary N) is 1. The largest absolute Gasteiger partial charge is 0.489 e. The fourth-order valence-electron chi connectivity index (χ4n) is 2.37. The molecule has 0 atom stereocenters. The maximum atomic E-state index is 12.9. The second-order valence-corrected chi connectivity index (χ2v) is 6.12. The van der Waals surface area contributed by atoms with Crippen LogP contribution in [0, 0.1) is 5.82 Å². The number of halogens is 2. The lowest BCUT2D eigenvalue weighted by atomic mass is 10.2. The van der Waals surface area contributed by atoms with Gasteiger partial charge in [-0.15, -0.1) is 0 Å². The van der Waals surface area contributed by atoms with E-state index in [0.29, 0.717) is 29.5 Å². The Labute approximate surface area is 156 Å². The molecule has 0 aliphatic heterocycles. The SMILES string of the molecule is O=C(NCc1ccc(F)cc1)c1ccc(OCc2ccccc2Cl)cc1. The third-order valence-corrected chi connectivity index (χ3v) is 4.20. The summed E-state index contributed by atoms with van der Waals surface area (Å²) in [6, 6.07) is 20.4. The van der Waals surface area contributed by atoms with E-state index in [0.717, 1.165) is 11.1 Å². The lowest BCUT2D eigenvalue weighted by molar-refractivity contribution is 0.0951. The van der Waals surface area contributed by atoms with Crippen molar-refractivity contribution in [1.29, 1.82) is 0 Å². The van der Waals surface area contributed by atoms with Crippen molar-refractivity contribution < 1.29 is 13.9 Å². The molecule has 132 valence electrons. The Balaban J connectivity index is 1.54. The van der Waals surface area contributed by atoms with E-state index in [1.54, 1.807) is 36.4 Å². The summed E-state index contributed by atoms with van der Waals surface area (Å²) in [7, 11) is 0. The summed E-state index contributed by atoms with van der Waals surface area (Å²) in [6.45, 7) is 0.694. The highest BCUT2D eigenvalue weighted by Crippen LogP contribution is 2.19. The second-order valence-electron chi connectivity index (χ2n) is 5.71. The maximum absolute atomic E-state index is 12.9. The Hall–Kier alpha value is -2.85. The molecule has 3 nitrogen and oxygen atoms in total. The molecule has 0 saturated heterocycles. The van der Waals surface area contributed by atoms with Gasteiger partial charge in [0, 0.05) is 22.7 Å². The summed E-state index contributed by atoms with van der Waals surface area (Å²) in [4.78, 5) is 12.2. The molecular weight excluding hydrogens is 353 g/mol. The van der Waals surface area contributed by atoms with Crippen LogP contribution in [-0.2, 0) is 13.2 Å². The van der Waals surface area contributed by atoms with Crippen LogP contribution in [0.2, 0.25) is 5.02 Å². The molecule has 0 bridgehead atoms. The minimum Gasteiger partial charge on any atom is -0.489 e. The fraction of sp³-hybridized carbons (Fsp3) is 0.0952. The first-order valence-electron chi connectivity index (χ1n) is 8.11. The van der Waals surface area contributed by atoms with Crippen LogP contribution in [0.3, 0.4) is 0 Å². The maximum Gasteiger partial charge on any atom is 0.251 e. The number of hydrogen-bond donors (Lipinski definition) is 1.